The van der Waals surface area contributed by atoms with E-state index in [0.717, 1.165) is 76.8 Å². The zero-order valence-electron chi connectivity index (χ0n) is 18.6. The summed E-state index contributed by atoms with van der Waals surface area (Å²) in [5.74, 6) is 1.58. The number of benzene rings is 1. The minimum atomic E-state index is 0.350. The molecule has 1 saturated heterocycles. The highest BCUT2D eigenvalue weighted by molar-refractivity contribution is 5.93. The molecule has 3 aromatic heterocycles. The summed E-state index contributed by atoms with van der Waals surface area (Å²) in [5, 5.41) is 16.8. The summed E-state index contributed by atoms with van der Waals surface area (Å²) < 4.78 is 11.1. The van der Waals surface area contributed by atoms with E-state index in [1.54, 1.807) is 7.11 Å². The second kappa shape index (κ2) is 8.88. The van der Waals surface area contributed by atoms with Gasteiger partial charge in [-0.2, -0.15) is 10.4 Å². The Morgan fingerprint density at radius 1 is 1.18 bits per heavy atom. The lowest BCUT2D eigenvalue weighted by Gasteiger charge is -2.27. The van der Waals surface area contributed by atoms with Crippen molar-refractivity contribution in [1.82, 2.24) is 20.2 Å². The Hall–Kier alpha value is -3.96. The van der Waals surface area contributed by atoms with Crippen molar-refractivity contribution in [2.75, 3.05) is 38.3 Å². The first-order chi connectivity index (χ1) is 16.2. The molecule has 0 spiro atoms. The number of methoxy groups -OCH3 is 1. The van der Waals surface area contributed by atoms with Gasteiger partial charge in [0.05, 0.1) is 38.3 Å². The van der Waals surface area contributed by atoms with Crippen LogP contribution in [0.2, 0.25) is 0 Å². The summed E-state index contributed by atoms with van der Waals surface area (Å²) in [6.45, 7) is 5.13. The number of hydrogen-bond acceptors (Lipinski definition) is 7. The summed E-state index contributed by atoms with van der Waals surface area (Å²) in [7, 11) is 1.63. The zero-order chi connectivity index (χ0) is 22.8. The van der Waals surface area contributed by atoms with Crippen LogP contribution in [0.25, 0.3) is 33.5 Å². The maximum atomic E-state index is 9.17. The summed E-state index contributed by atoms with van der Waals surface area (Å²) in [6.07, 6.45) is 2.19. The Morgan fingerprint density at radius 2 is 2.03 bits per heavy atom. The number of aromatic amines is 1. The van der Waals surface area contributed by atoms with Crippen LogP contribution in [-0.4, -0.2) is 53.6 Å². The van der Waals surface area contributed by atoms with Crippen LogP contribution in [0.15, 0.2) is 42.6 Å². The number of aromatic nitrogens is 4. The lowest BCUT2D eigenvalue weighted by atomic mass is 9.97. The van der Waals surface area contributed by atoms with Crippen molar-refractivity contribution < 1.29 is 9.47 Å². The second-order valence-corrected chi connectivity index (χ2v) is 7.94. The van der Waals surface area contributed by atoms with Crippen molar-refractivity contribution in [3.63, 3.8) is 0 Å². The van der Waals surface area contributed by atoms with Crippen LogP contribution in [0.5, 0.6) is 5.75 Å². The van der Waals surface area contributed by atoms with Crippen LogP contribution in [0, 0.1) is 18.3 Å². The molecule has 1 aliphatic heterocycles. The van der Waals surface area contributed by atoms with Gasteiger partial charge in [-0.25, -0.2) is 9.97 Å². The average molecular weight is 441 g/mol. The highest BCUT2D eigenvalue weighted by atomic mass is 16.5. The number of fused-ring (bicyclic) bond motifs is 1. The van der Waals surface area contributed by atoms with Crippen LogP contribution in [-0.2, 0) is 11.2 Å². The van der Waals surface area contributed by atoms with Gasteiger partial charge in [-0.15, -0.1) is 0 Å². The van der Waals surface area contributed by atoms with Crippen molar-refractivity contribution in [3.05, 3.63) is 53.7 Å². The lowest BCUT2D eigenvalue weighted by Crippen LogP contribution is -2.36. The molecular weight excluding hydrogens is 416 g/mol. The molecule has 4 heterocycles. The molecule has 4 aromatic rings. The van der Waals surface area contributed by atoms with Gasteiger partial charge in [0.1, 0.15) is 28.5 Å². The van der Waals surface area contributed by atoms with Gasteiger partial charge in [0.15, 0.2) is 0 Å². The number of hydrogen-bond donors (Lipinski definition) is 1. The SMILES string of the molecule is COc1cc2[nH]nc(-c3ccc(N4CCOCC4)nc3)c2nc1-c1cccc(CC#N)c1C. The maximum Gasteiger partial charge on any atom is 0.147 e. The van der Waals surface area contributed by atoms with Crippen molar-refractivity contribution in [2.24, 2.45) is 0 Å². The number of ether oxygens (including phenoxy) is 2. The Balaban J connectivity index is 1.57. The van der Waals surface area contributed by atoms with E-state index < -0.39 is 0 Å². The second-order valence-electron chi connectivity index (χ2n) is 7.94. The quantitative estimate of drug-likeness (QED) is 0.502. The number of nitrogens with zero attached hydrogens (tertiary/aromatic N) is 5. The third-order valence-corrected chi connectivity index (χ3v) is 6.05. The standard InChI is InChI=1S/C25H24N6O2/c1-16-17(8-9-26)4-3-5-19(16)24-21(32-2)14-20-25(28-24)23(30-29-20)18-6-7-22(27-15-18)31-10-12-33-13-11-31/h3-7,14-15H,8,10-13H2,1-2H3,(H,29,30). The normalized spacial score (nSPS) is 13.8. The van der Waals surface area contributed by atoms with Crippen molar-refractivity contribution in [2.45, 2.75) is 13.3 Å². The molecule has 1 fully saturated rings. The molecule has 0 atom stereocenters. The Kier molecular flexibility index (Phi) is 5.63. The molecule has 0 saturated carbocycles. The molecule has 0 radical (unpaired) electrons. The number of nitrogens with one attached hydrogen (secondary N) is 1. The maximum absolute atomic E-state index is 9.17. The number of rotatable bonds is 5. The van der Waals surface area contributed by atoms with Gasteiger partial charge in [0, 0.05) is 36.5 Å². The van der Waals surface area contributed by atoms with Crippen LogP contribution in [0.3, 0.4) is 0 Å². The van der Waals surface area contributed by atoms with E-state index in [0.29, 0.717) is 12.2 Å². The molecule has 1 aliphatic rings. The zero-order valence-corrected chi connectivity index (χ0v) is 18.6. The number of H-pyrrole nitrogens is 1. The smallest absolute Gasteiger partial charge is 0.147 e. The van der Waals surface area contributed by atoms with E-state index in [1.165, 1.54) is 0 Å². The number of nitriles is 1. The lowest BCUT2D eigenvalue weighted by molar-refractivity contribution is 0.122. The topological polar surface area (TPSA) is 99.9 Å². The van der Waals surface area contributed by atoms with E-state index in [2.05, 4.69) is 26.2 Å². The highest BCUT2D eigenvalue weighted by Gasteiger charge is 2.19. The Morgan fingerprint density at radius 3 is 2.76 bits per heavy atom. The van der Waals surface area contributed by atoms with E-state index >= 15 is 0 Å². The summed E-state index contributed by atoms with van der Waals surface area (Å²) >= 11 is 0. The van der Waals surface area contributed by atoms with E-state index in [9.17, 15) is 0 Å². The van der Waals surface area contributed by atoms with E-state index in [1.807, 2.05) is 49.5 Å². The fourth-order valence-electron chi connectivity index (χ4n) is 4.20. The van der Waals surface area contributed by atoms with Gasteiger partial charge < -0.3 is 14.4 Å². The summed E-state index contributed by atoms with van der Waals surface area (Å²) in [5.41, 5.74) is 6.82. The molecule has 0 aliphatic carbocycles. The molecule has 8 nitrogen and oxygen atoms in total. The van der Waals surface area contributed by atoms with E-state index in [-0.39, 0.29) is 0 Å². The van der Waals surface area contributed by atoms with Crippen molar-refractivity contribution in [1.29, 1.82) is 5.26 Å². The summed E-state index contributed by atoms with van der Waals surface area (Å²) in [4.78, 5) is 11.8. The van der Waals surface area contributed by atoms with Gasteiger partial charge in [-0.05, 0) is 30.2 Å². The largest absolute Gasteiger partial charge is 0.494 e. The minimum Gasteiger partial charge on any atom is -0.494 e. The Labute approximate surface area is 191 Å². The molecule has 1 aromatic carbocycles. The molecule has 166 valence electrons. The molecule has 0 amide bonds. The van der Waals surface area contributed by atoms with Crippen LogP contribution in [0.1, 0.15) is 11.1 Å². The number of anilines is 1. The molecular formula is C25H24N6O2. The van der Waals surface area contributed by atoms with Crippen LogP contribution < -0.4 is 9.64 Å². The third-order valence-electron chi connectivity index (χ3n) is 6.05. The van der Waals surface area contributed by atoms with Gasteiger partial charge >= 0.3 is 0 Å². The number of pyridine rings is 2. The van der Waals surface area contributed by atoms with Crippen molar-refractivity contribution in [3.8, 4) is 34.3 Å². The first kappa shape index (κ1) is 20.9. The first-order valence-electron chi connectivity index (χ1n) is 10.9. The molecule has 0 unspecified atom stereocenters. The molecule has 8 heteroatoms. The minimum absolute atomic E-state index is 0.350. The monoisotopic (exact) mass is 440 g/mol. The molecule has 33 heavy (non-hydrogen) atoms. The van der Waals surface area contributed by atoms with E-state index in [4.69, 9.17) is 19.7 Å². The first-order valence-corrected chi connectivity index (χ1v) is 10.9. The van der Waals surface area contributed by atoms with Gasteiger partial charge in [0.2, 0.25) is 0 Å². The van der Waals surface area contributed by atoms with Gasteiger partial charge in [-0.3, -0.25) is 5.10 Å². The molecule has 5 rings (SSSR count). The van der Waals surface area contributed by atoms with Crippen LogP contribution in [0.4, 0.5) is 5.82 Å². The Bertz CT molecular complexity index is 1330. The third kappa shape index (κ3) is 3.88. The predicted octanol–water partition coefficient (Wildman–Crippen LogP) is 3.91. The predicted molar refractivity (Wildman–Crippen MR) is 126 cm³/mol. The van der Waals surface area contributed by atoms with Crippen molar-refractivity contribution >= 4 is 16.9 Å². The molecule has 1 N–H and O–H groups in total. The average Bonchev–Trinajstić information content (AvgIpc) is 3.28. The number of morpholine rings is 1. The fourth-order valence-corrected chi connectivity index (χ4v) is 4.20. The fraction of sp³-hybridized carbons (Fsp3) is 0.280. The molecule has 0 bridgehead atoms. The van der Waals surface area contributed by atoms with Gasteiger partial charge in [0.25, 0.3) is 0 Å². The summed E-state index contributed by atoms with van der Waals surface area (Å²) in [6, 6.07) is 14.1. The highest BCUT2D eigenvalue weighted by Crippen LogP contribution is 2.36. The van der Waals surface area contributed by atoms with Gasteiger partial charge in [-0.1, -0.05) is 18.2 Å². The van der Waals surface area contributed by atoms with Crippen LogP contribution >= 0.6 is 0 Å².